The second-order valence-electron chi connectivity index (χ2n) is 6.30. The van der Waals surface area contributed by atoms with Crippen molar-refractivity contribution in [1.82, 2.24) is 10.2 Å². The number of carbonyl (C=O) groups excluding carboxylic acids is 1. The van der Waals surface area contributed by atoms with Gasteiger partial charge in [0.1, 0.15) is 0 Å². The molecule has 1 fully saturated rings. The first-order valence-electron chi connectivity index (χ1n) is 7.84. The quantitative estimate of drug-likeness (QED) is 0.839. The molecule has 1 saturated heterocycles. The van der Waals surface area contributed by atoms with Gasteiger partial charge < -0.3 is 11.1 Å². The zero-order valence-corrected chi connectivity index (χ0v) is 13.1. The first-order chi connectivity index (χ1) is 10.1. The molecule has 116 valence electrons. The van der Waals surface area contributed by atoms with E-state index in [1.807, 2.05) is 19.9 Å². The van der Waals surface area contributed by atoms with Crippen molar-refractivity contribution in [2.45, 2.75) is 39.3 Å². The monoisotopic (exact) mass is 289 g/mol. The predicted molar refractivity (Wildman–Crippen MR) is 85.7 cm³/mol. The topological polar surface area (TPSA) is 58.4 Å². The molecule has 0 aromatic heterocycles. The number of nitrogens with two attached hydrogens (primary N) is 1. The summed E-state index contributed by atoms with van der Waals surface area (Å²) in [5, 5.41) is 3.18. The highest BCUT2D eigenvalue weighted by Gasteiger charge is 2.33. The van der Waals surface area contributed by atoms with E-state index in [0.717, 1.165) is 32.5 Å². The van der Waals surface area contributed by atoms with Crippen molar-refractivity contribution in [3.05, 3.63) is 35.9 Å². The Labute approximate surface area is 127 Å². The van der Waals surface area contributed by atoms with Gasteiger partial charge in [-0.05, 0) is 25.3 Å². The fourth-order valence-electron chi connectivity index (χ4n) is 2.69. The fourth-order valence-corrected chi connectivity index (χ4v) is 2.69. The molecule has 1 amide bonds. The Bertz CT molecular complexity index is 456. The average molecular weight is 289 g/mol. The highest BCUT2D eigenvalue weighted by Crippen LogP contribution is 2.21. The molecule has 1 aliphatic heterocycles. The SMILES string of the molecule is CCC(C)(CN)C(=O)NC1CCN(Cc2ccccc2)C1. The molecule has 0 radical (unpaired) electrons. The summed E-state index contributed by atoms with van der Waals surface area (Å²) in [5.74, 6) is 0.0964. The minimum absolute atomic E-state index is 0.0964. The molecule has 2 rings (SSSR count). The average Bonchev–Trinajstić information content (AvgIpc) is 2.94. The van der Waals surface area contributed by atoms with Crippen LogP contribution < -0.4 is 11.1 Å². The van der Waals surface area contributed by atoms with Crippen LogP contribution in [0.3, 0.4) is 0 Å². The molecule has 4 nitrogen and oxygen atoms in total. The van der Waals surface area contributed by atoms with Gasteiger partial charge in [0.25, 0.3) is 0 Å². The number of nitrogens with one attached hydrogen (secondary N) is 1. The molecule has 2 unspecified atom stereocenters. The number of hydrogen-bond donors (Lipinski definition) is 2. The molecule has 0 aliphatic carbocycles. The van der Waals surface area contributed by atoms with Crippen LogP contribution in [0.2, 0.25) is 0 Å². The maximum absolute atomic E-state index is 12.3. The van der Waals surface area contributed by atoms with Gasteiger partial charge in [-0.1, -0.05) is 37.3 Å². The van der Waals surface area contributed by atoms with E-state index in [2.05, 4.69) is 34.5 Å². The molecule has 0 saturated carbocycles. The zero-order chi connectivity index (χ0) is 15.3. The van der Waals surface area contributed by atoms with Crippen LogP contribution >= 0.6 is 0 Å². The Morgan fingerprint density at radius 3 is 2.76 bits per heavy atom. The fraction of sp³-hybridized carbons (Fsp3) is 0.588. The second kappa shape index (κ2) is 7.05. The van der Waals surface area contributed by atoms with Crippen molar-refractivity contribution < 1.29 is 4.79 Å². The van der Waals surface area contributed by atoms with Crippen molar-refractivity contribution in [2.75, 3.05) is 19.6 Å². The van der Waals surface area contributed by atoms with Crippen molar-refractivity contribution in [3.63, 3.8) is 0 Å². The predicted octanol–water partition coefficient (Wildman–Crippen LogP) is 1.75. The van der Waals surface area contributed by atoms with Gasteiger partial charge in [-0.3, -0.25) is 9.69 Å². The van der Waals surface area contributed by atoms with Crippen LogP contribution in [0.1, 0.15) is 32.3 Å². The maximum atomic E-state index is 12.3. The van der Waals surface area contributed by atoms with Crippen LogP contribution in [0, 0.1) is 5.41 Å². The van der Waals surface area contributed by atoms with Gasteiger partial charge in [-0.2, -0.15) is 0 Å². The molecule has 21 heavy (non-hydrogen) atoms. The standard InChI is InChI=1S/C17H27N3O/c1-3-17(2,13-18)16(21)19-15-9-10-20(12-15)11-14-7-5-4-6-8-14/h4-8,15H,3,9-13,18H2,1-2H3,(H,19,21). The number of rotatable bonds is 6. The lowest BCUT2D eigenvalue weighted by molar-refractivity contribution is -0.130. The van der Waals surface area contributed by atoms with E-state index >= 15 is 0 Å². The third kappa shape index (κ3) is 4.05. The minimum Gasteiger partial charge on any atom is -0.352 e. The lowest BCUT2D eigenvalue weighted by atomic mass is 9.86. The smallest absolute Gasteiger partial charge is 0.227 e. The number of likely N-dealkylation sites (tertiary alicyclic amines) is 1. The normalized spacial score (nSPS) is 22.0. The highest BCUT2D eigenvalue weighted by atomic mass is 16.2. The molecule has 4 heteroatoms. The third-order valence-corrected chi connectivity index (χ3v) is 4.64. The molecular weight excluding hydrogens is 262 g/mol. The maximum Gasteiger partial charge on any atom is 0.227 e. The Morgan fingerprint density at radius 1 is 1.43 bits per heavy atom. The molecule has 2 atom stereocenters. The summed E-state index contributed by atoms with van der Waals surface area (Å²) in [7, 11) is 0. The van der Waals surface area contributed by atoms with Crippen LogP contribution in [-0.2, 0) is 11.3 Å². The lowest BCUT2D eigenvalue weighted by Crippen LogP contribution is -2.48. The van der Waals surface area contributed by atoms with Gasteiger partial charge in [-0.15, -0.1) is 0 Å². The van der Waals surface area contributed by atoms with Crippen LogP contribution in [0.25, 0.3) is 0 Å². The molecule has 0 spiro atoms. The van der Waals surface area contributed by atoms with Crippen LogP contribution in [0.15, 0.2) is 30.3 Å². The van der Waals surface area contributed by atoms with Gasteiger partial charge in [0.05, 0.1) is 5.41 Å². The van der Waals surface area contributed by atoms with E-state index in [9.17, 15) is 4.79 Å². The Kier molecular flexibility index (Phi) is 5.37. The van der Waals surface area contributed by atoms with E-state index in [0.29, 0.717) is 6.54 Å². The number of hydrogen-bond acceptors (Lipinski definition) is 3. The van der Waals surface area contributed by atoms with Crippen molar-refractivity contribution in [2.24, 2.45) is 11.1 Å². The molecule has 3 N–H and O–H groups in total. The molecule has 1 heterocycles. The third-order valence-electron chi connectivity index (χ3n) is 4.64. The van der Waals surface area contributed by atoms with E-state index in [-0.39, 0.29) is 11.9 Å². The number of amides is 1. The number of nitrogens with zero attached hydrogens (tertiary/aromatic N) is 1. The molecule has 0 bridgehead atoms. The minimum atomic E-state index is -0.438. The second-order valence-corrected chi connectivity index (χ2v) is 6.30. The summed E-state index contributed by atoms with van der Waals surface area (Å²) >= 11 is 0. The first-order valence-corrected chi connectivity index (χ1v) is 7.84. The first kappa shape index (κ1) is 16.0. The van der Waals surface area contributed by atoms with E-state index in [1.165, 1.54) is 5.56 Å². The Balaban J connectivity index is 1.84. The molecule has 1 aromatic carbocycles. The Hall–Kier alpha value is -1.39. The van der Waals surface area contributed by atoms with E-state index < -0.39 is 5.41 Å². The summed E-state index contributed by atoms with van der Waals surface area (Å²) in [6.07, 6.45) is 1.79. The summed E-state index contributed by atoms with van der Waals surface area (Å²) in [6.45, 7) is 7.27. The summed E-state index contributed by atoms with van der Waals surface area (Å²) in [5.41, 5.74) is 6.64. The zero-order valence-electron chi connectivity index (χ0n) is 13.1. The number of carbonyl (C=O) groups is 1. The molecular formula is C17H27N3O. The van der Waals surface area contributed by atoms with Crippen molar-refractivity contribution in [1.29, 1.82) is 0 Å². The largest absolute Gasteiger partial charge is 0.352 e. The van der Waals surface area contributed by atoms with Crippen LogP contribution in [0.5, 0.6) is 0 Å². The van der Waals surface area contributed by atoms with Crippen LogP contribution in [-0.4, -0.2) is 36.5 Å². The van der Waals surface area contributed by atoms with E-state index in [4.69, 9.17) is 5.73 Å². The van der Waals surface area contributed by atoms with E-state index in [1.54, 1.807) is 0 Å². The van der Waals surface area contributed by atoms with Crippen molar-refractivity contribution >= 4 is 5.91 Å². The molecule has 1 aromatic rings. The van der Waals surface area contributed by atoms with Gasteiger partial charge in [0.15, 0.2) is 0 Å². The Morgan fingerprint density at radius 2 is 2.14 bits per heavy atom. The summed E-state index contributed by atoms with van der Waals surface area (Å²) in [4.78, 5) is 14.7. The van der Waals surface area contributed by atoms with Gasteiger partial charge >= 0.3 is 0 Å². The summed E-state index contributed by atoms with van der Waals surface area (Å²) < 4.78 is 0. The molecule has 1 aliphatic rings. The van der Waals surface area contributed by atoms with Gasteiger partial charge in [0, 0.05) is 32.2 Å². The lowest BCUT2D eigenvalue weighted by Gasteiger charge is -2.27. The van der Waals surface area contributed by atoms with Crippen LogP contribution in [0.4, 0.5) is 0 Å². The highest BCUT2D eigenvalue weighted by molar-refractivity contribution is 5.82. The van der Waals surface area contributed by atoms with Gasteiger partial charge in [-0.25, -0.2) is 0 Å². The number of benzene rings is 1. The van der Waals surface area contributed by atoms with Crippen molar-refractivity contribution in [3.8, 4) is 0 Å². The van der Waals surface area contributed by atoms with Gasteiger partial charge in [0.2, 0.25) is 5.91 Å². The summed E-state index contributed by atoms with van der Waals surface area (Å²) in [6, 6.07) is 10.7.